The fraction of sp³-hybridized carbons (Fsp3) is 0.235. The summed E-state index contributed by atoms with van der Waals surface area (Å²) in [6, 6.07) is 14.5. The molecule has 0 spiro atoms. The summed E-state index contributed by atoms with van der Waals surface area (Å²) >= 11 is 0. The molecule has 0 aliphatic heterocycles. The van der Waals surface area contributed by atoms with Crippen molar-refractivity contribution in [1.29, 1.82) is 0 Å². The molecular formula is C17H19NO3. The van der Waals surface area contributed by atoms with E-state index in [1.807, 2.05) is 31.2 Å². The summed E-state index contributed by atoms with van der Waals surface area (Å²) in [4.78, 5) is 12.1. The third-order valence-corrected chi connectivity index (χ3v) is 3.20. The van der Waals surface area contributed by atoms with Crippen LogP contribution >= 0.6 is 0 Å². The van der Waals surface area contributed by atoms with E-state index in [1.54, 1.807) is 31.4 Å². The normalized spacial score (nSPS) is 11.7. The van der Waals surface area contributed by atoms with Gasteiger partial charge in [-0.15, -0.1) is 0 Å². The third kappa shape index (κ3) is 4.24. The van der Waals surface area contributed by atoms with Gasteiger partial charge in [0.05, 0.1) is 13.0 Å². The highest BCUT2D eigenvalue weighted by atomic mass is 16.5. The molecule has 2 aromatic carbocycles. The summed E-state index contributed by atoms with van der Waals surface area (Å²) in [5.41, 5.74) is 7.41. The highest BCUT2D eigenvalue weighted by Crippen LogP contribution is 2.19. The van der Waals surface area contributed by atoms with E-state index in [0.717, 1.165) is 11.3 Å². The fourth-order valence-corrected chi connectivity index (χ4v) is 1.95. The first kappa shape index (κ1) is 14.9. The molecule has 0 heterocycles. The van der Waals surface area contributed by atoms with Crippen molar-refractivity contribution in [2.24, 2.45) is 5.92 Å². The third-order valence-electron chi connectivity index (χ3n) is 3.20. The van der Waals surface area contributed by atoms with E-state index >= 15 is 0 Å². The van der Waals surface area contributed by atoms with Crippen LogP contribution in [0.5, 0.6) is 11.5 Å². The maximum absolute atomic E-state index is 12.1. The largest absolute Gasteiger partial charge is 0.497 e. The first-order valence-electron chi connectivity index (χ1n) is 6.78. The van der Waals surface area contributed by atoms with Crippen molar-refractivity contribution in [2.45, 2.75) is 13.3 Å². The minimum Gasteiger partial charge on any atom is -0.497 e. The summed E-state index contributed by atoms with van der Waals surface area (Å²) in [7, 11) is 1.59. The Labute approximate surface area is 124 Å². The highest BCUT2D eigenvalue weighted by molar-refractivity contribution is 5.75. The molecule has 2 aromatic rings. The van der Waals surface area contributed by atoms with Crippen LogP contribution in [-0.2, 0) is 11.2 Å². The zero-order valence-electron chi connectivity index (χ0n) is 12.2. The topological polar surface area (TPSA) is 61.5 Å². The lowest BCUT2D eigenvalue weighted by molar-refractivity contribution is -0.138. The van der Waals surface area contributed by atoms with E-state index in [0.29, 0.717) is 17.9 Å². The maximum atomic E-state index is 12.1. The summed E-state index contributed by atoms with van der Waals surface area (Å²) in [6.45, 7) is 1.85. The van der Waals surface area contributed by atoms with Gasteiger partial charge in [-0.3, -0.25) is 4.79 Å². The van der Waals surface area contributed by atoms with Crippen molar-refractivity contribution in [3.05, 3.63) is 54.1 Å². The molecule has 1 atom stereocenters. The van der Waals surface area contributed by atoms with Crippen LogP contribution in [0, 0.1) is 5.92 Å². The maximum Gasteiger partial charge on any atom is 0.314 e. The number of anilines is 1. The van der Waals surface area contributed by atoms with Gasteiger partial charge in [0.1, 0.15) is 11.5 Å². The Morgan fingerprint density at radius 2 is 1.62 bits per heavy atom. The number of esters is 1. The number of ether oxygens (including phenoxy) is 2. The van der Waals surface area contributed by atoms with Gasteiger partial charge in [-0.25, -0.2) is 0 Å². The summed E-state index contributed by atoms with van der Waals surface area (Å²) in [5, 5.41) is 0. The lowest BCUT2D eigenvalue weighted by atomic mass is 10.0. The Bertz CT molecular complexity index is 590. The van der Waals surface area contributed by atoms with Crippen molar-refractivity contribution in [3.8, 4) is 11.5 Å². The summed E-state index contributed by atoms with van der Waals surface area (Å²) < 4.78 is 10.4. The molecule has 0 aliphatic rings. The molecule has 0 amide bonds. The van der Waals surface area contributed by atoms with Crippen LogP contribution in [0.3, 0.4) is 0 Å². The molecule has 0 aromatic heterocycles. The van der Waals surface area contributed by atoms with Gasteiger partial charge in [0.2, 0.25) is 0 Å². The predicted molar refractivity (Wildman–Crippen MR) is 82.4 cm³/mol. The number of carbonyl (C=O) groups excluding carboxylic acids is 1. The Balaban J connectivity index is 1.93. The molecule has 0 bridgehead atoms. The molecule has 0 aliphatic carbocycles. The van der Waals surface area contributed by atoms with Crippen LogP contribution in [0.2, 0.25) is 0 Å². The number of hydrogen-bond donors (Lipinski definition) is 1. The van der Waals surface area contributed by atoms with Gasteiger partial charge in [-0.2, -0.15) is 0 Å². The lowest BCUT2D eigenvalue weighted by Crippen LogP contribution is -2.19. The van der Waals surface area contributed by atoms with E-state index < -0.39 is 0 Å². The van der Waals surface area contributed by atoms with Crippen LogP contribution in [-0.4, -0.2) is 13.1 Å². The van der Waals surface area contributed by atoms with Crippen LogP contribution in [0.1, 0.15) is 12.5 Å². The molecule has 21 heavy (non-hydrogen) atoms. The van der Waals surface area contributed by atoms with Gasteiger partial charge in [-0.05, 0) is 48.4 Å². The Hall–Kier alpha value is -2.49. The molecule has 4 nitrogen and oxygen atoms in total. The molecule has 0 radical (unpaired) electrons. The fourth-order valence-electron chi connectivity index (χ4n) is 1.95. The Morgan fingerprint density at radius 3 is 2.19 bits per heavy atom. The molecule has 1 unspecified atom stereocenters. The average molecular weight is 285 g/mol. The molecule has 2 rings (SSSR count). The monoisotopic (exact) mass is 285 g/mol. The minimum atomic E-state index is -0.253. The lowest BCUT2D eigenvalue weighted by Gasteiger charge is -2.11. The van der Waals surface area contributed by atoms with Gasteiger partial charge in [-0.1, -0.05) is 19.1 Å². The average Bonchev–Trinajstić information content (AvgIpc) is 2.50. The van der Waals surface area contributed by atoms with Gasteiger partial charge in [0, 0.05) is 5.69 Å². The molecule has 110 valence electrons. The summed E-state index contributed by atoms with van der Waals surface area (Å²) in [5.74, 6) is 0.766. The van der Waals surface area contributed by atoms with Gasteiger partial charge in [0.15, 0.2) is 0 Å². The smallest absolute Gasteiger partial charge is 0.314 e. The first-order chi connectivity index (χ1) is 10.1. The van der Waals surface area contributed by atoms with E-state index in [2.05, 4.69) is 0 Å². The number of nitrogen functional groups attached to an aromatic ring is 1. The number of rotatable bonds is 5. The Morgan fingerprint density at radius 1 is 1.05 bits per heavy atom. The molecule has 2 N–H and O–H groups in total. The van der Waals surface area contributed by atoms with Crippen LogP contribution < -0.4 is 15.2 Å². The van der Waals surface area contributed by atoms with Gasteiger partial charge >= 0.3 is 5.97 Å². The van der Waals surface area contributed by atoms with E-state index in [-0.39, 0.29) is 11.9 Å². The van der Waals surface area contributed by atoms with Gasteiger partial charge < -0.3 is 15.2 Å². The number of methoxy groups -OCH3 is 1. The minimum absolute atomic E-state index is 0.226. The van der Waals surface area contributed by atoms with Crippen molar-refractivity contribution in [2.75, 3.05) is 12.8 Å². The van der Waals surface area contributed by atoms with Crippen LogP contribution in [0.15, 0.2) is 48.5 Å². The standard InChI is InChI=1S/C17H19NO3/c1-12(11-13-3-5-14(18)6-4-13)17(19)21-16-9-7-15(20-2)8-10-16/h3-10,12H,11,18H2,1-2H3. The predicted octanol–water partition coefficient (Wildman–Crippen LogP) is 3.06. The second-order valence-corrected chi connectivity index (χ2v) is 4.94. The van der Waals surface area contributed by atoms with Crippen LogP contribution in [0.4, 0.5) is 5.69 Å². The van der Waals surface area contributed by atoms with Crippen LogP contribution in [0.25, 0.3) is 0 Å². The number of benzene rings is 2. The number of nitrogens with two attached hydrogens (primary N) is 1. The Kier molecular flexibility index (Phi) is 4.82. The quantitative estimate of drug-likeness (QED) is 0.521. The number of hydrogen-bond acceptors (Lipinski definition) is 4. The molecule has 0 fully saturated rings. The molecular weight excluding hydrogens is 266 g/mol. The van der Waals surface area contributed by atoms with E-state index in [4.69, 9.17) is 15.2 Å². The van der Waals surface area contributed by atoms with E-state index in [1.165, 1.54) is 0 Å². The molecule has 4 heteroatoms. The van der Waals surface area contributed by atoms with E-state index in [9.17, 15) is 4.79 Å². The van der Waals surface area contributed by atoms with Crippen molar-refractivity contribution in [1.82, 2.24) is 0 Å². The summed E-state index contributed by atoms with van der Waals surface area (Å²) in [6.07, 6.45) is 0.620. The second-order valence-electron chi connectivity index (χ2n) is 4.94. The molecule has 0 saturated heterocycles. The zero-order chi connectivity index (χ0) is 15.2. The van der Waals surface area contributed by atoms with Gasteiger partial charge in [0.25, 0.3) is 0 Å². The zero-order valence-corrected chi connectivity index (χ0v) is 12.2. The van der Waals surface area contributed by atoms with Crippen molar-refractivity contribution in [3.63, 3.8) is 0 Å². The van der Waals surface area contributed by atoms with Crippen molar-refractivity contribution >= 4 is 11.7 Å². The SMILES string of the molecule is COc1ccc(OC(=O)C(C)Cc2ccc(N)cc2)cc1. The molecule has 0 saturated carbocycles. The number of carbonyl (C=O) groups is 1. The first-order valence-corrected chi connectivity index (χ1v) is 6.78. The second kappa shape index (κ2) is 6.79. The van der Waals surface area contributed by atoms with Crippen molar-refractivity contribution < 1.29 is 14.3 Å². The highest BCUT2D eigenvalue weighted by Gasteiger charge is 2.16.